The quantitative estimate of drug-likeness (QED) is 0.204. The molecule has 2 aliphatic heterocycles. The number of benzene rings is 5. The number of fused-ring (bicyclic) bond motifs is 9. The molecule has 2 aliphatic rings. The second-order valence-electron chi connectivity index (χ2n) is 12.4. The van der Waals surface area contributed by atoms with E-state index in [0.29, 0.717) is 0 Å². The summed E-state index contributed by atoms with van der Waals surface area (Å²) in [4.78, 5) is 0.250. The van der Waals surface area contributed by atoms with Crippen molar-refractivity contribution < 1.29 is 25.3 Å². The highest BCUT2D eigenvalue weighted by Gasteiger charge is 2.33. The molecule has 7 rings (SSSR count). The van der Waals surface area contributed by atoms with Gasteiger partial charge in [0.2, 0.25) is 30.1 Å². The van der Waals surface area contributed by atoms with Crippen molar-refractivity contribution >= 4 is 40.8 Å². The lowest BCUT2D eigenvalue weighted by Gasteiger charge is -2.29. The Morgan fingerprint density at radius 2 is 0.673 bits per heavy atom. The summed E-state index contributed by atoms with van der Waals surface area (Å²) in [7, 11) is -12.3. The van der Waals surface area contributed by atoms with Gasteiger partial charge in [-0.3, -0.25) is 0 Å². The van der Waals surface area contributed by atoms with E-state index < -0.39 is 30.1 Å². The molecule has 0 aromatic heterocycles. The van der Waals surface area contributed by atoms with Gasteiger partial charge >= 0.3 is 0 Å². The summed E-state index contributed by atoms with van der Waals surface area (Å²) in [5, 5.41) is 1.58. The van der Waals surface area contributed by atoms with Crippen LogP contribution in [-0.4, -0.2) is 64.3 Å². The third-order valence-corrected chi connectivity index (χ3v) is 14.6. The van der Waals surface area contributed by atoms with Crippen LogP contribution in [0.4, 0.5) is 0 Å². The maximum Gasteiger partial charge on any atom is 0.243 e. The number of aryl methyl sites for hydroxylation is 3. The van der Waals surface area contributed by atoms with E-state index in [9.17, 15) is 25.3 Å². The molecule has 5 aromatic carbocycles. The van der Waals surface area contributed by atoms with Crippen molar-refractivity contribution in [1.82, 2.24) is 12.9 Å². The molecule has 0 saturated carbocycles. The zero-order valence-electron chi connectivity index (χ0n) is 27.7. The van der Waals surface area contributed by atoms with Gasteiger partial charge in [0.15, 0.2) is 0 Å². The monoisotopic (exact) mass is 717 g/mol. The van der Waals surface area contributed by atoms with Crippen molar-refractivity contribution in [3.63, 3.8) is 0 Å². The fourth-order valence-electron chi connectivity index (χ4n) is 6.02. The van der Waals surface area contributed by atoms with Crippen LogP contribution < -0.4 is 0 Å². The van der Waals surface area contributed by atoms with Crippen molar-refractivity contribution in [3.05, 3.63) is 137 Å². The molecule has 256 valence electrons. The van der Waals surface area contributed by atoms with E-state index in [2.05, 4.69) is 0 Å². The van der Waals surface area contributed by atoms with Crippen LogP contribution in [0.1, 0.15) is 27.8 Å². The van der Waals surface area contributed by atoms with Crippen molar-refractivity contribution in [2.24, 2.45) is 0 Å². The Labute approximate surface area is 289 Å². The normalized spacial score (nSPS) is 16.2. The Bertz CT molecular complexity index is 2180. The first-order valence-corrected chi connectivity index (χ1v) is 20.3. The molecule has 0 N–H and O–H groups in total. The fourth-order valence-corrected chi connectivity index (χ4v) is 10.3. The summed E-state index contributed by atoms with van der Waals surface area (Å²) < 4.78 is 89.1. The minimum Gasteiger partial charge on any atom is -0.207 e. The first-order valence-electron chi connectivity index (χ1n) is 16.0. The molecule has 0 fully saturated rings. The van der Waals surface area contributed by atoms with Gasteiger partial charge in [-0.15, -0.1) is 0 Å². The highest BCUT2D eigenvalue weighted by molar-refractivity contribution is 7.89. The smallest absolute Gasteiger partial charge is 0.207 e. The molecule has 0 saturated heterocycles. The lowest BCUT2D eigenvalue weighted by Crippen LogP contribution is -2.44. The molecule has 0 radical (unpaired) electrons. The van der Waals surface area contributed by atoms with Crippen molar-refractivity contribution in [2.75, 3.05) is 26.2 Å². The van der Waals surface area contributed by atoms with Crippen LogP contribution in [0.3, 0.4) is 0 Å². The van der Waals surface area contributed by atoms with E-state index in [-0.39, 0.29) is 54.0 Å². The van der Waals surface area contributed by atoms with Gasteiger partial charge in [-0.05, 0) is 79.1 Å². The Morgan fingerprint density at radius 1 is 0.388 bits per heavy atom. The first-order chi connectivity index (χ1) is 23.3. The van der Waals surface area contributed by atoms with Gasteiger partial charge in [0.05, 0.1) is 14.7 Å². The molecule has 49 heavy (non-hydrogen) atoms. The van der Waals surface area contributed by atoms with Crippen LogP contribution in [0.5, 0.6) is 0 Å². The molecule has 2 bridgehead atoms. The van der Waals surface area contributed by atoms with Gasteiger partial charge in [-0.25, -0.2) is 25.3 Å². The Kier molecular flexibility index (Phi) is 9.82. The van der Waals surface area contributed by atoms with E-state index in [1.807, 2.05) is 57.2 Å². The lowest BCUT2D eigenvalue weighted by atomic mass is 9.99. The fraction of sp³-hybridized carbons (Fsp3) is 0.243. The van der Waals surface area contributed by atoms with Crippen LogP contribution in [0, 0.1) is 20.8 Å². The number of sulfonamides is 3. The average Bonchev–Trinajstić information content (AvgIpc) is 3.10. The zero-order valence-corrected chi connectivity index (χ0v) is 30.1. The molecule has 0 amide bonds. The van der Waals surface area contributed by atoms with Crippen LogP contribution in [-0.2, 0) is 43.2 Å². The highest BCUT2D eigenvalue weighted by atomic mass is 32.2. The zero-order chi connectivity index (χ0) is 35.0. The van der Waals surface area contributed by atoms with Gasteiger partial charge in [-0.1, -0.05) is 89.5 Å². The van der Waals surface area contributed by atoms with Crippen LogP contribution in [0.15, 0.2) is 124 Å². The number of hydrogen-bond donors (Lipinski definition) is 0. The summed E-state index contributed by atoms with van der Waals surface area (Å²) in [5.41, 5.74) is 4.13. The molecule has 5 aromatic rings. The van der Waals surface area contributed by atoms with Gasteiger partial charge in [0.25, 0.3) is 0 Å². The summed E-state index contributed by atoms with van der Waals surface area (Å²) in [6, 6.07) is 30.8. The maximum absolute atomic E-state index is 14.2. The maximum atomic E-state index is 14.2. The van der Waals surface area contributed by atoms with Crippen molar-refractivity contribution in [2.45, 2.75) is 48.5 Å². The number of rotatable bonds is 6. The van der Waals surface area contributed by atoms with E-state index in [1.54, 1.807) is 60.7 Å². The van der Waals surface area contributed by atoms with E-state index in [0.717, 1.165) is 38.6 Å². The number of hydrogen-bond acceptors (Lipinski definition) is 6. The van der Waals surface area contributed by atoms with Gasteiger partial charge in [0, 0.05) is 39.3 Å². The molecule has 0 spiro atoms. The predicted molar refractivity (Wildman–Crippen MR) is 191 cm³/mol. The minimum absolute atomic E-state index is 0.0131. The summed E-state index contributed by atoms with van der Waals surface area (Å²) in [6.07, 6.45) is 0. The van der Waals surface area contributed by atoms with Crippen LogP contribution in [0.2, 0.25) is 0 Å². The van der Waals surface area contributed by atoms with E-state index in [1.165, 1.54) is 25.0 Å². The molecule has 0 atom stereocenters. The Morgan fingerprint density at radius 3 is 1.00 bits per heavy atom. The van der Waals surface area contributed by atoms with Gasteiger partial charge in [0.1, 0.15) is 0 Å². The number of nitrogens with zero attached hydrogens (tertiary/aromatic N) is 3. The molecule has 0 unspecified atom stereocenters. The van der Waals surface area contributed by atoms with Gasteiger partial charge in [-0.2, -0.15) is 12.9 Å². The summed E-state index contributed by atoms with van der Waals surface area (Å²) >= 11 is 0. The van der Waals surface area contributed by atoms with E-state index in [4.69, 9.17) is 0 Å². The topological polar surface area (TPSA) is 112 Å². The second-order valence-corrected chi connectivity index (χ2v) is 18.3. The van der Waals surface area contributed by atoms with Crippen molar-refractivity contribution in [3.8, 4) is 0 Å². The third kappa shape index (κ3) is 7.21. The second kappa shape index (κ2) is 13.8. The highest BCUT2D eigenvalue weighted by Crippen LogP contribution is 2.30. The molecule has 0 aliphatic carbocycles. The summed E-state index contributed by atoms with van der Waals surface area (Å²) in [6.45, 7) is 4.85. The SMILES string of the molecule is Cc1ccc(S(=O)(=O)N2CCN(S(=O)(=O)c3ccc(C)cc3)Cc3ccc(c4ccccc34)CN(S(=O)(=O)c3ccc(C)cc3)CC2)cc1. The third-order valence-electron chi connectivity index (χ3n) is 8.97. The minimum atomic E-state index is -4.16. The summed E-state index contributed by atoms with van der Waals surface area (Å²) in [5.74, 6) is 0. The molecular weight excluding hydrogens is 679 g/mol. The Hall–Kier alpha value is -3.91. The van der Waals surface area contributed by atoms with Crippen LogP contribution in [0.25, 0.3) is 10.8 Å². The molecule has 2 heterocycles. The largest absolute Gasteiger partial charge is 0.243 e. The van der Waals surface area contributed by atoms with E-state index >= 15 is 0 Å². The Balaban J connectivity index is 1.50. The average molecular weight is 718 g/mol. The van der Waals surface area contributed by atoms with Gasteiger partial charge < -0.3 is 0 Å². The lowest BCUT2D eigenvalue weighted by molar-refractivity contribution is 0.313. The molecular formula is C37H39N3O6S3. The standard InChI is InChI=1S/C37H39N3O6S3/c1-28-8-16-33(17-9-28)47(41,42)38-22-24-39(48(43,44)34-18-10-29(2)11-19-34)26-31-14-15-32(37-7-5-4-6-36(31)37)27-40(25-23-38)49(45,46)35-20-12-30(3)13-21-35/h4-21H,22-27H2,1-3H3. The predicted octanol–water partition coefficient (Wildman–Crippen LogP) is 5.85. The molecule has 12 heteroatoms. The first kappa shape index (κ1) is 34.9. The molecule has 9 nitrogen and oxygen atoms in total. The van der Waals surface area contributed by atoms with Crippen LogP contribution >= 0.6 is 0 Å². The van der Waals surface area contributed by atoms with Crippen molar-refractivity contribution in [1.29, 1.82) is 0 Å².